The Labute approximate surface area is 161 Å². The zero-order valence-electron chi connectivity index (χ0n) is 14.0. The molecule has 2 aromatic carbocycles. The van der Waals surface area contributed by atoms with Gasteiger partial charge in [0.2, 0.25) is 0 Å². The van der Waals surface area contributed by atoms with Crippen molar-refractivity contribution in [1.82, 2.24) is 9.97 Å². The summed E-state index contributed by atoms with van der Waals surface area (Å²) in [6, 6.07) is 16.1. The summed E-state index contributed by atoms with van der Waals surface area (Å²) in [5.74, 6) is 0.748. The molecule has 2 N–H and O–H groups in total. The molecule has 0 aliphatic rings. The molecular weight excluding hydrogens is 371 g/mol. The van der Waals surface area contributed by atoms with Crippen molar-refractivity contribution in [2.45, 2.75) is 13.5 Å². The first-order valence-corrected chi connectivity index (χ1v) is 8.66. The Balaban J connectivity index is 1.72. The third kappa shape index (κ3) is 4.94. The maximum atomic E-state index is 12.5. The van der Waals surface area contributed by atoms with Crippen molar-refractivity contribution in [3.05, 3.63) is 81.7 Å². The molecule has 0 saturated heterocycles. The van der Waals surface area contributed by atoms with Crippen LogP contribution in [0.2, 0.25) is 10.0 Å². The van der Waals surface area contributed by atoms with Crippen molar-refractivity contribution in [3.8, 4) is 0 Å². The van der Waals surface area contributed by atoms with Crippen molar-refractivity contribution in [2.24, 2.45) is 0 Å². The molecule has 0 aliphatic heterocycles. The molecule has 3 rings (SSSR count). The fourth-order valence-corrected chi connectivity index (χ4v) is 2.65. The lowest BCUT2D eigenvalue weighted by Crippen LogP contribution is -2.15. The number of hydrogen-bond acceptors (Lipinski definition) is 4. The van der Waals surface area contributed by atoms with Gasteiger partial charge in [-0.1, -0.05) is 41.4 Å². The molecule has 0 radical (unpaired) electrons. The van der Waals surface area contributed by atoms with Gasteiger partial charge in [-0.15, -0.1) is 0 Å². The van der Waals surface area contributed by atoms with E-state index in [1.807, 2.05) is 24.3 Å². The number of nitrogens with zero attached hydrogens (tertiary/aromatic N) is 2. The largest absolute Gasteiger partial charge is 0.366 e. The lowest BCUT2D eigenvalue weighted by molar-refractivity contribution is 0.102. The number of amides is 1. The minimum atomic E-state index is -0.327. The van der Waals surface area contributed by atoms with E-state index in [0.717, 1.165) is 5.56 Å². The molecule has 1 amide bonds. The quantitative estimate of drug-likeness (QED) is 0.650. The average molecular weight is 387 g/mol. The van der Waals surface area contributed by atoms with Crippen LogP contribution in [0.5, 0.6) is 0 Å². The number of carbonyl (C=O) groups is 1. The zero-order chi connectivity index (χ0) is 18.5. The van der Waals surface area contributed by atoms with Gasteiger partial charge in [-0.3, -0.25) is 4.79 Å². The lowest BCUT2D eigenvalue weighted by Gasteiger charge is -2.09. The van der Waals surface area contributed by atoms with Crippen LogP contribution < -0.4 is 10.6 Å². The van der Waals surface area contributed by atoms with Gasteiger partial charge in [0, 0.05) is 28.3 Å². The van der Waals surface area contributed by atoms with Crippen LogP contribution in [0, 0.1) is 6.92 Å². The summed E-state index contributed by atoms with van der Waals surface area (Å²) in [5, 5.41) is 7.21. The van der Waals surface area contributed by atoms with Gasteiger partial charge in [0.15, 0.2) is 0 Å². The van der Waals surface area contributed by atoms with Crippen LogP contribution >= 0.6 is 23.2 Å². The van der Waals surface area contributed by atoms with Crippen molar-refractivity contribution >= 4 is 40.6 Å². The second-order valence-electron chi connectivity index (χ2n) is 5.63. The van der Waals surface area contributed by atoms with Crippen molar-refractivity contribution < 1.29 is 4.79 Å². The van der Waals surface area contributed by atoms with E-state index in [1.165, 1.54) is 0 Å². The highest BCUT2D eigenvalue weighted by Gasteiger charge is 2.11. The molecule has 1 heterocycles. The Kier molecular flexibility index (Phi) is 5.71. The number of anilines is 2. The Bertz CT molecular complexity index is 929. The molecular formula is C19H16Cl2N4O. The molecule has 0 spiro atoms. The van der Waals surface area contributed by atoms with Crippen LogP contribution in [-0.2, 0) is 6.54 Å². The van der Waals surface area contributed by atoms with Crippen molar-refractivity contribution in [2.75, 3.05) is 10.6 Å². The van der Waals surface area contributed by atoms with E-state index >= 15 is 0 Å². The number of halogens is 2. The van der Waals surface area contributed by atoms with Crippen LogP contribution in [0.25, 0.3) is 0 Å². The minimum Gasteiger partial charge on any atom is -0.366 e. The van der Waals surface area contributed by atoms with Gasteiger partial charge in [-0.2, -0.15) is 0 Å². The highest BCUT2D eigenvalue weighted by molar-refractivity contribution is 6.31. The van der Waals surface area contributed by atoms with E-state index in [2.05, 4.69) is 20.6 Å². The molecule has 7 heteroatoms. The molecule has 132 valence electrons. The van der Waals surface area contributed by atoms with Crippen molar-refractivity contribution in [1.29, 1.82) is 0 Å². The summed E-state index contributed by atoms with van der Waals surface area (Å²) in [5.41, 5.74) is 1.93. The summed E-state index contributed by atoms with van der Waals surface area (Å²) in [4.78, 5) is 21.0. The molecule has 0 bridgehead atoms. The fraction of sp³-hybridized carbons (Fsp3) is 0.105. The number of aryl methyl sites for hydroxylation is 1. The summed E-state index contributed by atoms with van der Waals surface area (Å²) in [6.07, 6.45) is 0. The highest BCUT2D eigenvalue weighted by Crippen LogP contribution is 2.17. The number of aromatic nitrogens is 2. The normalized spacial score (nSPS) is 10.4. The lowest BCUT2D eigenvalue weighted by atomic mass is 10.2. The van der Waals surface area contributed by atoms with Gasteiger partial charge in [0.25, 0.3) is 5.91 Å². The number of hydrogen-bond donors (Lipinski definition) is 2. The monoisotopic (exact) mass is 386 g/mol. The minimum absolute atomic E-state index is 0.274. The Morgan fingerprint density at radius 2 is 1.77 bits per heavy atom. The molecule has 0 fully saturated rings. The second-order valence-corrected chi connectivity index (χ2v) is 6.50. The molecule has 1 aromatic heterocycles. The maximum absolute atomic E-state index is 12.5. The van der Waals surface area contributed by atoms with E-state index in [4.69, 9.17) is 23.2 Å². The molecule has 0 unspecified atom stereocenters. The van der Waals surface area contributed by atoms with Crippen LogP contribution in [0.3, 0.4) is 0 Å². The Morgan fingerprint density at radius 3 is 2.50 bits per heavy atom. The smallest absolute Gasteiger partial charge is 0.274 e. The Morgan fingerprint density at radius 1 is 1.00 bits per heavy atom. The first kappa shape index (κ1) is 18.2. The average Bonchev–Trinajstić information content (AvgIpc) is 2.61. The van der Waals surface area contributed by atoms with E-state index in [0.29, 0.717) is 33.9 Å². The summed E-state index contributed by atoms with van der Waals surface area (Å²) >= 11 is 11.8. The second kappa shape index (κ2) is 8.17. The standard InChI is InChI=1S/C19H16Cl2N4O/c1-12-23-17(19(26)25-16-4-2-3-15(21)9-16)10-18(24-12)22-11-13-5-7-14(20)8-6-13/h2-10H,11H2,1H3,(H,25,26)(H,22,23,24). The van der Waals surface area contributed by atoms with E-state index < -0.39 is 0 Å². The molecule has 0 aliphatic carbocycles. The first-order valence-electron chi connectivity index (χ1n) is 7.90. The van der Waals surface area contributed by atoms with Crippen LogP contribution in [0.1, 0.15) is 21.9 Å². The predicted octanol–water partition coefficient (Wildman–Crippen LogP) is 4.96. The van der Waals surface area contributed by atoms with Crippen LogP contribution in [0.4, 0.5) is 11.5 Å². The van der Waals surface area contributed by atoms with E-state index in [9.17, 15) is 4.79 Å². The first-order chi connectivity index (χ1) is 12.5. The molecule has 26 heavy (non-hydrogen) atoms. The van der Waals surface area contributed by atoms with Crippen LogP contribution in [0.15, 0.2) is 54.6 Å². The molecule has 3 aromatic rings. The number of nitrogens with one attached hydrogen (secondary N) is 2. The topological polar surface area (TPSA) is 66.9 Å². The van der Waals surface area contributed by atoms with Gasteiger partial charge >= 0.3 is 0 Å². The zero-order valence-corrected chi connectivity index (χ0v) is 15.5. The highest BCUT2D eigenvalue weighted by atomic mass is 35.5. The molecule has 0 atom stereocenters. The molecule has 0 saturated carbocycles. The van der Waals surface area contributed by atoms with E-state index in [-0.39, 0.29) is 11.6 Å². The third-order valence-electron chi connectivity index (χ3n) is 3.54. The summed E-state index contributed by atoms with van der Waals surface area (Å²) in [6.45, 7) is 2.30. The number of benzene rings is 2. The van der Waals surface area contributed by atoms with Gasteiger partial charge in [0.05, 0.1) is 0 Å². The summed E-state index contributed by atoms with van der Waals surface area (Å²) < 4.78 is 0. The maximum Gasteiger partial charge on any atom is 0.274 e. The van der Waals surface area contributed by atoms with Crippen LogP contribution in [-0.4, -0.2) is 15.9 Å². The molecule has 5 nitrogen and oxygen atoms in total. The van der Waals surface area contributed by atoms with Gasteiger partial charge in [0.1, 0.15) is 17.3 Å². The van der Waals surface area contributed by atoms with E-state index in [1.54, 1.807) is 37.3 Å². The fourth-order valence-electron chi connectivity index (χ4n) is 2.33. The van der Waals surface area contributed by atoms with Gasteiger partial charge < -0.3 is 10.6 Å². The number of rotatable bonds is 5. The van der Waals surface area contributed by atoms with Crippen molar-refractivity contribution in [3.63, 3.8) is 0 Å². The third-order valence-corrected chi connectivity index (χ3v) is 4.03. The predicted molar refractivity (Wildman–Crippen MR) is 105 cm³/mol. The Hall–Kier alpha value is -2.63. The summed E-state index contributed by atoms with van der Waals surface area (Å²) in [7, 11) is 0. The SMILES string of the molecule is Cc1nc(NCc2ccc(Cl)cc2)cc(C(=O)Nc2cccc(Cl)c2)n1. The van der Waals surface area contributed by atoms with Gasteiger partial charge in [-0.05, 0) is 42.8 Å². The number of carbonyl (C=O) groups excluding carboxylic acids is 1. The van der Waals surface area contributed by atoms with Gasteiger partial charge in [-0.25, -0.2) is 9.97 Å².